The number of thioether (sulfide) groups is 1. The van der Waals surface area contributed by atoms with E-state index < -0.39 is 5.69 Å². The Kier molecular flexibility index (Phi) is 8.85. The van der Waals surface area contributed by atoms with Crippen LogP contribution in [0.15, 0.2) is 21.9 Å². The molecule has 2 amide bonds. The Morgan fingerprint density at radius 2 is 1.92 bits per heavy atom. The van der Waals surface area contributed by atoms with Crippen molar-refractivity contribution in [2.24, 2.45) is 0 Å². The summed E-state index contributed by atoms with van der Waals surface area (Å²) in [6.07, 6.45) is 2.43. The van der Waals surface area contributed by atoms with Crippen LogP contribution in [0.3, 0.4) is 0 Å². The second kappa shape index (κ2) is 12.3. The van der Waals surface area contributed by atoms with E-state index in [0.29, 0.717) is 55.6 Å². The SMILES string of the molecule is CCN(CC)c1ccnc(N2CCN(C(=O)CNC(=O)CCn3c4c(c(=O)[nH]c3=O)CSCC4)CC2)n1. The molecule has 12 nitrogen and oxygen atoms in total. The lowest BCUT2D eigenvalue weighted by molar-refractivity contribution is -0.133. The molecule has 2 aromatic heterocycles. The van der Waals surface area contributed by atoms with Gasteiger partial charge in [0, 0.05) is 75.4 Å². The van der Waals surface area contributed by atoms with Crippen LogP contribution in [0.4, 0.5) is 11.8 Å². The molecule has 1 fully saturated rings. The van der Waals surface area contributed by atoms with Gasteiger partial charge in [-0.15, -0.1) is 0 Å². The molecule has 0 atom stereocenters. The average molecular weight is 531 g/mol. The molecule has 0 aliphatic carbocycles. The maximum absolute atomic E-state index is 12.7. The molecule has 2 aromatic rings. The molecule has 4 heterocycles. The molecule has 0 radical (unpaired) electrons. The molecule has 2 aliphatic heterocycles. The number of fused-ring (bicyclic) bond motifs is 1. The summed E-state index contributed by atoms with van der Waals surface area (Å²) in [6, 6.07) is 1.90. The predicted molar refractivity (Wildman–Crippen MR) is 143 cm³/mol. The van der Waals surface area contributed by atoms with Crippen LogP contribution >= 0.6 is 11.8 Å². The number of carbonyl (C=O) groups is 2. The van der Waals surface area contributed by atoms with Crippen molar-refractivity contribution in [2.45, 2.75) is 39.0 Å². The lowest BCUT2D eigenvalue weighted by Gasteiger charge is -2.35. The Morgan fingerprint density at radius 1 is 1.16 bits per heavy atom. The van der Waals surface area contributed by atoms with Gasteiger partial charge in [0.2, 0.25) is 17.8 Å². The summed E-state index contributed by atoms with van der Waals surface area (Å²) in [5, 5.41) is 2.67. The van der Waals surface area contributed by atoms with Gasteiger partial charge in [-0.3, -0.25) is 23.9 Å². The maximum atomic E-state index is 12.7. The molecule has 0 aromatic carbocycles. The Bertz CT molecular complexity index is 1230. The van der Waals surface area contributed by atoms with Crippen molar-refractivity contribution in [1.82, 2.24) is 29.7 Å². The third kappa shape index (κ3) is 6.32. The predicted octanol–water partition coefficient (Wildman–Crippen LogP) is -0.183. The highest BCUT2D eigenvalue weighted by atomic mass is 32.2. The third-order valence-electron chi connectivity index (χ3n) is 6.77. The standard InChI is InChI=1S/C24H34N8O4S/c1-3-29(4-2)19-5-8-25-23(27-19)31-12-10-30(11-13-31)21(34)15-26-20(33)6-9-32-18-7-14-37-16-17(18)22(35)28-24(32)36/h5,8H,3-4,6-7,9-16H2,1-2H3,(H,26,33)(H,28,35,36). The summed E-state index contributed by atoms with van der Waals surface area (Å²) in [4.78, 5) is 66.9. The second-order valence-electron chi connectivity index (χ2n) is 8.92. The van der Waals surface area contributed by atoms with Gasteiger partial charge < -0.3 is 20.0 Å². The number of piperazine rings is 1. The number of H-pyrrole nitrogens is 1. The lowest BCUT2D eigenvalue weighted by atomic mass is 10.2. The zero-order valence-corrected chi connectivity index (χ0v) is 22.2. The number of hydrogen-bond acceptors (Lipinski definition) is 9. The molecule has 13 heteroatoms. The summed E-state index contributed by atoms with van der Waals surface area (Å²) < 4.78 is 1.48. The highest BCUT2D eigenvalue weighted by Gasteiger charge is 2.24. The molecule has 200 valence electrons. The summed E-state index contributed by atoms with van der Waals surface area (Å²) in [6.45, 7) is 8.23. The van der Waals surface area contributed by atoms with E-state index in [-0.39, 0.29) is 36.9 Å². The largest absolute Gasteiger partial charge is 0.357 e. The third-order valence-corrected chi connectivity index (χ3v) is 7.76. The Balaban J connectivity index is 1.25. The molecule has 2 aliphatic rings. The van der Waals surface area contributed by atoms with E-state index in [1.54, 1.807) is 22.9 Å². The van der Waals surface area contributed by atoms with Crippen LogP contribution in [0, 0.1) is 0 Å². The van der Waals surface area contributed by atoms with Gasteiger partial charge in [-0.25, -0.2) is 9.78 Å². The Hall–Kier alpha value is -3.35. The molecule has 0 spiro atoms. The number of aromatic nitrogens is 4. The van der Waals surface area contributed by atoms with E-state index >= 15 is 0 Å². The van der Waals surface area contributed by atoms with Crippen molar-refractivity contribution in [3.05, 3.63) is 44.4 Å². The van der Waals surface area contributed by atoms with Gasteiger partial charge in [0.1, 0.15) is 5.82 Å². The summed E-state index contributed by atoms with van der Waals surface area (Å²) in [7, 11) is 0. The van der Waals surface area contributed by atoms with E-state index in [9.17, 15) is 19.2 Å². The van der Waals surface area contributed by atoms with Crippen LogP contribution in [-0.2, 0) is 28.3 Å². The normalized spacial score (nSPS) is 15.3. The minimum atomic E-state index is -0.496. The van der Waals surface area contributed by atoms with Gasteiger partial charge in [0.05, 0.1) is 6.54 Å². The van der Waals surface area contributed by atoms with Crippen LogP contribution in [0.25, 0.3) is 0 Å². The molecule has 0 saturated carbocycles. The summed E-state index contributed by atoms with van der Waals surface area (Å²) in [5.74, 6) is 2.47. The zero-order valence-electron chi connectivity index (χ0n) is 21.4. The fraction of sp³-hybridized carbons (Fsp3) is 0.583. The van der Waals surface area contributed by atoms with Crippen molar-refractivity contribution >= 4 is 35.3 Å². The first kappa shape index (κ1) is 26.7. The van der Waals surface area contributed by atoms with Crippen LogP contribution in [-0.4, -0.2) is 87.8 Å². The highest BCUT2D eigenvalue weighted by molar-refractivity contribution is 7.98. The van der Waals surface area contributed by atoms with Crippen molar-refractivity contribution in [1.29, 1.82) is 0 Å². The minimum Gasteiger partial charge on any atom is -0.357 e. The van der Waals surface area contributed by atoms with Crippen molar-refractivity contribution in [3.8, 4) is 0 Å². The Labute approximate surface area is 219 Å². The number of rotatable bonds is 9. The first-order chi connectivity index (χ1) is 17.9. The number of carbonyl (C=O) groups excluding carboxylic acids is 2. The molecule has 37 heavy (non-hydrogen) atoms. The summed E-state index contributed by atoms with van der Waals surface area (Å²) in [5.41, 5.74) is 0.474. The van der Waals surface area contributed by atoms with E-state index in [0.717, 1.165) is 24.7 Å². The van der Waals surface area contributed by atoms with Gasteiger partial charge in [0.15, 0.2) is 0 Å². The monoisotopic (exact) mass is 530 g/mol. The molecular weight excluding hydrogens is 496 g/mol. The van der Waals surface area contributed by atoms with Crippen LogP contribution in [0.1, 0.15) is 31.5 Å². The zero-order chi connectivity index (χ0) is 26.4. The maximum Gasteiger partial charge on any atom is 0.328 e. The number of anilines is 2. The van der Waals surface area contributed by atoms with Crippen molar-refractivity contribution in [3.63, 3.8) is 0 Å². The van der Waals surface area contributed by atoms with E-state index in [1.165, 1.54) is 4.57 Å². The smallest absolute Gasteiger partial charge is 0.328 e. The van der Waals surface area contributed by atoms with E-state index in [2.05, 4.69) is 43.9 Å². The molecule has 2 N–H and O–H groups in total. The molecular formula is C24H34N8O4S. The quantitative estimate of drug-likeness (QED) is 0.452. The molecule has 0 bridgehead atoms. The summed E-state index contributed by atoms with van der Waals surface area (Å²) >= 11 is 1.65. The van der Waals surface area contributed by atoms with Gasteiger partial charge in [-0.1, -0.05) is 0 Å². The number of amides is 2. The van der Waals surface area contributed by atoms with Crippen molar-refractivity contribution < 1.29 is 9.59 Å². The average Bonchev–Trinajstić information content (AvgIpc) is 2.92. The highest BCUT2D eigenvalue weighted by Crippen LogP contribution is 2.20. The first-order valence-electron chi connectivity index (χ1n) is 12.7. The van der Waals surface area contributed by atoms with Crippen LogP contribution in [0.5, 0.6) is 0 Å². The first-order valence-corrected chi connectivity index (χ1v) is 13.9. The van der Waals surface area contributed by atoms with Gasteiger partial charge in [0.25, 0.3) is 5.56 Å². The number of hydrogen-bond donors (Lipinski definition) is 2. The number of nitrogens with zero attached hydrogens (tertiary/aromatic N) is 6. The van der Waals surface area contributed by atoms with Crippen LogP contribution < -0.4 is 26.4 Å². The van der Waals surface area contributed by atoms with E-state index in [1.807, 2.05) is 6.07 Å². The number of nitrogens with one attached hydrogen (secondary N) is 2. The van der Waals surface area contributed by atoms with Crippen molar-refractivity contribution in [2.75, 3.05) is 61.4 Å². The van der Waals surface area contributed by atoms with Crippen LogP contribution in [0.2, 0.25) is 0 Å². The van der Waals surface area contributed by atoms with Gasteiger partial charge in [-0.2, -0.15) is 16.7 Å². The molecule has 4 rings (SSSR count). The Morgan fingerprint density at radius 3 is 2.65 bits per heavy atom. The molecule has 1 saturated heterocycles. The van der Waals surface area contributed by atoms with Gasteiger partial charge in [-0.05, 0) is 32.1 Å². The minimum absolute atomic E-state index is 0.0484. The number of aromatic amines is 1. The fourth-order valence-corrected chi connectivity index (χ4v) is 5.61. The second-order valence-corrected chi connectivity index (χ2v) is 10.0. The van der Waals surface area contributed by atoms with E-state index in [4.69, 9.17) is 0 Å². The molecule has 0 unspecified atom stereocenters. The lowest BCUT2D eigenvalue weighted by Crippen LogP contribution is -2.51. The van der Waals surface area contributed by atoms with Gasteiger partial charge >= 0.3 is 5.69 Å². The fourth-order valence-electron chi connectivity index (χ4n) is 4.63. The topological polar surface area (TPSA) is 137 Å².